The first-order valence-corrected chi connectivity index (χ1v) is 14.2. The summed E-state index contributed by atoms with van der Waals surface area (Å²) in [6.07, 6.45) is 6.14. The van der Waals surface area contributed by atoms with Gasteiger partial charge >= 0.3 is 0 Å². The van der Waals surface area contributed by atoms with Crippen molar-refractivity contribution in [3.8, 4) is 34.2 Å². The molecule has 9 heteroatoms. The van der Waals surface area contributed by atoms with Gasteiger partial charge in [0.05, 0.1) is 30.5 Å². The first-order chi connectivity index (χ1) is 20.0. The van der Waals surface area contributed by atoms with E-state index in [1.165, 1.54) is 11.8 Å². The summed E-state index contributed by atoms with van der Waals surface area (Å²) in [5, 5.41) is 4.88. The van der Waals surface area contributed by atoms with Gasteiger partial charge in [0, 0.05) is 23.9 Å². The zero-order valence-electron chi connectivity index (χ0n) is 22.8. The first-order valence-electron chi connectivity index (χ1n) is 13.0. The number of nitrogens with zero attached hydrogens (tertiary/aromatic N) is 3. The lowest BCUT2D eigenvalue weighted by Crippen LogP contribution is -2.30. The summed E-state index contributed by atoms with van der Waals surface area (Å²) in [6.45, 7) is 4.58. The Morgan fingerprint density at radius 1 is 1.00 bits per heavy atom. The third kappa shape index (κ3) is 6.37. The number of carbonyl (C=O) groups excluding carboxylic acids is 1. The van der Waals surface area contributed by atoms with E-state index in [9.17, 15) is 4.79 Å². The standard InChI is InChI=1S/C32H29N3O4S2/c1-4-18-39-26-13-11-23(12-14-26)30-24(21-35(33-30)25-8-6-5-7-9-25)20-29-31(36)34(32(40)41-29)17-16-22-10-15-27(37-2)28(19-22)38-3/h4-15,19-21H,1,16-18H2,2-3H3/b29-20-. The van der Waals surface area contributed by atoms with Crippen LogP contribution in [0.25, 0.3) is 23.0 Å². The third-order valence-corrected chi connectivity index (χ3v) is 7.87. The van der Waals surface area contributed by atoms with Gasteiger partial charge in [0.1, 0.15) is 16.7 Å². The molecule has 1 aliphatic rings. The van der Waals surface area contributed by atoms with Gasteiger partial charge in [-0.25, -0.2) is 4.68 Å². The van der Waals surface area contributed by atoms with Gasteiger partial charge in [-0.15, -0.1) is 0 Å². The number of para-hydroxylation sites is 1. The number of amides is 1. The number of thioether (sulfide) groups is 1. The number of hydrogen-bond acceptors (Lipinski definition) is 7. The van der Waals surface area contributed by atoms with E-state index < -0.39 is 0 Å². The molecule has 0 spiro atoms. The van der Waals surface area contributed by atoms with Crippen LogP contribution in [0.15, 0.2) is 96.6 Å². The molecule has 1 aromatic heterocycles. The summed E-state index contributed by atoms with van der Waals surface area (Å²) < 4.78 is 18.7. The van der Waals surface area contributed by atoms with Gasteiger partial charge in [-0.2, -0.15) is 5.10 Å². The van der Waals surface area contributed by atoms with Gasteiger partial charge in [0.25, 0.3) is 5.91 Å². The van der Waals surface area contributed by atoms with E-state index in [4.69, 9.17) is 31.5 Å². The fraction of sp³-hybridized carbons (Fsp3) is 0.156. The normalized spacial score (nSPS) is 14.0. The van der Waals surface area contributed by atoms with E-state index in [1.807, 2.05) is 89.8 Å². The Hall–Kier alpha value is -4.34. The second kappa shape index (κ2) is 12.9. The molecule has 0 unspecified atom stereocenters. The maximum Gasteiger partial charge on any atom is 0.266 e. The highest BCUT2D eigenvalue weighted by atomic mass is 32.2. The highest BCUT2D eigenvalue weighted by molar-refractivity contribution is 8.26. The first kappa shape index (κ1) is 28.2. The molecule has 41 heavy (non-hydrogen) atoms. The Balaban J connectivity index is 1.41. The lowest BCUT2D eigenvalue weighted by atomic mass is 10.1. The van der Waals surface area contributed by atoms with Crippen LogP contribution in [-0.4, -0.2) is 52.3 Å². The number of benzene rings is 3. The number of carbonyl (C=O) groups is 1. The van der Waals surface area contributed by atoms with Crippen molar-refractivity contribution in [3.05, 3.63) is 108 Å². The van der Waals surface area contributed by atoms with Gasteiger partial charge in [0.2, 0.25) is 0 Å². The highest BCUT2D eigenvalue weighted by Crippen LogP contribution is 2.36. The van der Waals surface area contributed by atoms with Crippen molar-refractivity contribution in [2.24, 2.45) is 0 Å². The van der Waals surface area contributed by atoms with Crippen molar-refractivity contribution in [3.63, 3.8) is 0 Å². The van der Waals surface area contributed by atoms with Crippen molar-refractivity contribution < 1.29 is 19.0 Å². The van der Waals surface area contributed by atoms with Crippen LogP contribution in [0.5, 0.6) is 17.2 Å². The molecule has 0 atom stereocenters. The second-order valence-electron chi connectivity index (χ2n) is 9.11. The van der Waals surface area contributed by atoms with Gasteiger partial charge in [0.15, 0.2) is 11.5 Å². The topological polar surface area (TPSA) is 65.8 Å². The Kier molecular flexibility index (Phi) is 8.86. The van der Waals surface area contributed by atoms with Crippen molar-refractivity contribution in [2.75, 3.05) is 27.4 Å². The molecule has 0 radical (unpaired) electrons. The van der Waals surface area contributed by atoms with Crippen LogP contribution < -0.4 is 14.2 Å². The van der Waals surface area contributed by atoms with Crippen LogP contribution in [0.3, 0.4) is 0 Å². The van der Waals surface area contributed by atoms with E-state index in [1.54, 1.807) is 25.2 Å². The fourth-order valence-electron chi connectivity index (χ4n) is 4.41. The smallest absolute Gasteiger partial charge is 0.266 e. The largest absolute Gasteiger partial charge is 0.493 e. The second-order valence-corrected chi connectivity index (χ2v) is 10.8. The molecule has 1 aliphatic heterocycles. The summed E-state index contributed by atoms with van der Waals surface area (Å²) in [7, 11) is 3.21. The van der Waals surface area contributed by atoms with E-state index in [2.05, 4.69) is 6.58 Å². The minimum atomic E-state index is -0.118. The Morgan fingerprint density at radius 2 is 1.76 bits per heavy atom. The molecular formula is C32H29N3O4S2. The summed E-state index contributed by atoms with van der Waals surface area (Å²) >= 11 is 6.92. The molecule has 0 saturated carbocycles. The molecule has 0 N–H and O–H groups in total. The minimum Gasteiger partial charge on any atom is -0.493 e. The molecular weight excluding hydrogens is 555 g/mol. The summed E-state index contributed by atoms with van der Waals surface area (Å²) in [4.78, 5) is 15.7. The van der Waals surface area contributed by atoms with Crippen molar-refractivity contribution in [1.82, 2.24) is 14.7 Å². The molecule has 5 rings (SSSR count). The number of thiocarbonyl (C=S) groups is 1. The van der Waals surface area contributed by atoms with Gasteiger partial charge in [-0.3, -0.25) is 9.69 Å². The zero-order chi connectivity index (χ0) is 28.8. The molecule has 208 valence electrons. The van der Waals surface area contributed by atoms with Gasteiger partial charge in [-0.1, -0.05) is 60.9 Å². The molecule has 4 aromatic rings. The van der Waals surface area contributed by atoms with Gasteiger partial charge < -0.3 is 14.2 Å². The number of methoxy groups -OCH3 is 2. The van der Waals surface area contributed by atoms with E-state index in [0.717, 1.165) is 33.8 Å². The maximum absolute atomic E-state index is 13.5. The Morgan fingerprint density at radius 3 is 2.46 bits per heavy atom. The van der Waals surface area contributed by atoms with Crippen LogP contribution in [0.2, 0.25) is 0 Å². The summed E-state index contributed by atoms with van der Waals surface area (Å²) in [6, 6.07) is 23.3. The number of hydrogen-bond donors (Lipinski definition) is 0. The van der Waals surface area contributed by atoms with Crippen LogP contribution in [0.4, 0.5) is 0 Å². The van der Waals surface area contributed by atoms with Crippen molar-refractivity contribution >= 4 is 40.3 Å². The number of aromatic nitrogens is 2. The molecule has 0 aliphatic carbocycles. The lowest BCUT2D eigenvalue weighted by Gasteiger charge is -2.15. The molecule has 0 bridgehead atoms. The van der Waals surface area contributed by atoms with Gasteiger partial charge in [-0.05, 0) is 66.6 Å². The minimum absolute atomic E-state index is 0.118. The van der Waals surface area contributed by atoms with Crippen LogP contribution in [-0.2, 0) is 11.2 Å². The zero-order valence-corrected chi connectivity index (χ0v) is 24.4. The average molecular weight is 584 g/mol. The number of ether oxygens (including phenoxy) is 3. The SMILES string of the molecule is C=CCOc1ccc(-c2nn(-c3ccccc3)cc2/C=C2\SC(=S)N(CCc3ccc(OC)c(OC)c3)C2=O)cc1. The molecule has 7 nitrogen and oxygen atoms in total. The highest BCUT2D eigenvalue weighted by Gasteiger charge is 2.32. The summed E-state index contributed by atoms with van der Waals surface area (Å²) in [5.74, 6) is 1.94. The van der Waals surface area contributed by atoms with Crippen LogP contribution >= 0.6 is 24.0 Å². The molecule has 1 amide bonds. The Bertz CT molecular complexity index is 1600. The average Bonchev–Trinajstić information content (AvgIpc) is 3.55. The lowest BCUT2D eigenvalue weighted by molar-refractivity contribution is -0.122. The molecule has 1 fully saturated rings. The third-order valence-electron chi connectivity index (χ3n) is 6.49. The van der Waals surface area contributed by atoms with Crippen LogP contribution in [0, 0.1) is 0 Å². The van der Waals surface area contributed by atoms with Crippen molar-refractivity contribution in [1.29, 1.82) is 0 Å². The van der Waals surface area contributed by atoms with Crippen LogP contribution in [0.1, 0.15) is 11.1 Å². The van der Waals surface area contributed by atoms with E-state index >= 15 is 0 Å². The maximum atomic E-state index is 13.5. The molecule has 1 saturated heterocycles. The monoisotopic (exact) mass is 583 g/mol. The predicted molar refractivity (Wildman–Crippen MR) is 168 cm³/mol. The summed E-state index contributed by atoms with van der Waals surface area (Å²) in [5.41, 5.74) is 4.41. The quantitative estimate of drug-likeness (QED) is 0.112. The predicted octanol–water partition coefficient (Wildman–Crippen LogP) is 6.57. The Labute approximate surface area is 249 Å². The number of rotatable bonds is 11. The molecule has 3 aromatic carbocycles. The van der Waals surface area contributed by atoms with E-state index in [-0.39, 0.29) is 5.91 Å². The van der Waals surface area contributed by atoms with E-state index in [0.29, 0.717) is 40.3 Å². The van der Waals surface area contributed by atoms with Crippen molar-refractivity contribution in [2.45, 2.75) is 6.42 Å². The fourth-order valence-corrected chi connectivity index (χ4v) is 5.70. The molecule has 2 heterocycles.